The van der Waals surface area contributed by atoms with Crippen LogP contribution in [0.25, 0.3) is 0 Å². The van der Waals surface area contributed by atoms with Gasteiger partial charge in [-0.3, -0.25) is 10.1 Å². The van der Waals surface area contributed by atoms with Crippen molar-refractivity contribution >= 4 is 27.6 Å². The van der Waals surface area contributed by atoms with Crippen molar-refractivity contribution in [2.24, 2.45) is 0 Å². The summed E-state index contributed by atoms with van der Waals surface area (Å²) in [6.07, 6.45) is 0. The van der Waals surface area contributed by atoms with Gasteiger partial charge in [0.15, 0.2) is 0 Å². The van der Waals surface area contributed by atoms with E-state index in [1.165, 1.54) is 19.1 Å². The van der Waals surface area contributed by atoms with Crippen LogP contribution < -0.4 is 0 Å². The molecule has 0 saturated carbocycles. The van der Waals surface area contributed by atoms with Crippen molar-refractivity contribution in [3.63, 3.8) is 0 Å². The number of alkyl halides is 1. The molecule has 1 N–H and O–H groups in total. The number of benzene rings is 1. The summed E-state index contributed by atoms with van der Waals surface area (Å²) in [5.41, 5.74) is 0.760. The number of nitro groups is 1. The maximum Gasteiger partial charge on any atom is 0.335 e. The Kier molecular flexibility index (Phi) is 3.41. The van der Waals surface area contributed by atoms with Crippen LogP contribution in [0, 0.1) is 17.0 Å². The molecule has 0 aliphatic heterocycles. The predicted molar refractivity (Wildman–Crippen MR) is 57.4 cm³/mol. The fraction of sp³-hybridized carbons (Fsp3) is 0.222. The minimum Gasteiger partial charge on any atom is -0.478 e. The highest BCUT2D eigenvalue weighted by Gasteiger charge is 2.19. The minimum atomic E-state index is -1.09. The molecule has 6 heteroatoms. The Morgan fingerprint density at radius 2 is 2.20 bits per heavy atom. The first-order valence-corrected chi connectivity index (χ1v) is 5.16. The summed E-state index contributed by atoms with van der Waals surface area (Å²) in [6, 6.07) is 2.61. The smallest absolute Gasteiger partial charge is 0.335 e. The van der Waals surface area contributed by atoms with Crippen LogP contribution in [0.1, 0.15) is 21.5 Å². The van der Waals surface area contributed by atoms with Crippen molar-refractivity contribution in [3.8, 4) is 0 Å². The molecule has 0 spiro atoms. The average molecular weight is 274 g/mol. The van der Waals surface area contributed by atoms with Crippen LogP contribution in [-0.4, -0.2) is 16.0 Å². The number of nitro benzene ring substituents is 1. The van der Waals surface area contributed by atoms with Gasteiger partial charge in [-0.15, -0.1) is 0 Å². The Morgan fingerprint density at radius 1 is 1.60 bits per heavy atom. The molecule has 80 valence electrons. The Hall–Kier alpha value is -1.43. The van der Waals surface area contributed by atoms with Gasteiger partial charge in [-0.05, 0) is 19.1 Å². The summed E-state index contributed by atoms with van der Waals surface area (Å²) in [5, 5.41) is 19.7. The summed E-state index contributed by atoms with van der Waals surface area (Å²) in [4.78, 5) is 20.9. The average Bonchev–Trinajstić information content (AvgIpc) is 2.15. The molecule has 1 aromatic carbocycles. The molecule has 5 nitrogen and oxygen atoms in total. The Morgan fingerprint density at radius 3 is 2.60 bits per heavy atom. The van der Waals surface area contributed by atoms with Gasteiger partial charge in [0.25, 0.3) is 5.69 Å². The molecule has 0 fully saturated rings. The standard InChI is InChI=1S/C9H8BrNO4/c1-5-2-6(9(12)13)3-7(4-10)8(5)11(14)15/h2-3H,4H2,1H3,(H,12,13). The lowest BCUT2D eigenvalue weighted by atomic mass is 10.0. The van der Waals surface area contributed by atoms with Gasteiger partial charge in [0, 0.05) is 16.5 Å². The van der Waals surface area contributed by atoms with Gasteiger partial charge in [-0.2, -0.15) is 0 Å². The van der Waals surface area contributed by atoms with Gasteiger partial charge in [0.05, 0.1) is 10.5 Å². The van der Waals surface area contributed by atoms with Crippen molar-refractivity contribution in [1.29, 1.82) is 0 Å². The maximum atomic E-state index is 10.7. The van der Waals surface area contributed by atoms with Crippen molar-refractivity contribution in [3.05, 3.63) is 38.9 Å². The molecule has 0 bridgehead atoms. The molecule has 0 saturated heterocycles. The summed E-state index contributed by atoms with van der Waals surface area (Å²) in [7, 11) is 0. The lowest BCUT2D eigenvalue weighted by Gasteiger charge is -2.04. The number of aromatic carboxylic acids is 1. The van der Waals surface area contributed by atoms with Crippen LogP contribution in [0.4, 0.5) is 5.69 Å². The molecule has 1 aromatic rings. The van der Waals surface area contributed by atoms with Gasteiger partial charge in [-0.1, -0.05) is 15.9 Å². The summed E-state index contributed by atoms with van der Waals surface area (Å²) in [5.74, 6) is -1.09. The van der Waals surface area contributed by atoms with E-state index in [2.05, 4.69) is 15.9 Å². The highest BCUT2D eigenvalue weighted by Crippen LogP contribution is 2.27. The fourth-order valence-electron chi connectivity index (χ4n) is 1.34. The number of nitrogens with zero attached hydrogens (tertiary/aromatic N) is 1. The van der Waals surface area contributed by atoms with E-state index >= 15 is 0 Å². The lowest BCUT2D eigenvalue weighted by molar-refractivity contribution is -0.386. The first-order chi connectivity index (χ1) is 6.97. The van der Waals surface area contributed by atoms with Gasteiger partial charge >= 0.3 is 5.97 Å². The van der Waals surface area contributed by atoms with E-state index in [1.54, 1.807) is 0 Å². The van der Waals surface area contributed by atoms with Crippen molar-refractivity contribution < 1.29 is 14.8 Å². The van der Waals surface area contributed by atoms with Crippen LogP contribution in [0.3, 0.4) is 0 Å². The summed E-state index contributed by atoms with van der Waals surface area (Å²) < 4.78 is 0. The highest BCUT2D eigenvalue weighted by atomic mass is 79.9. The Balaban J connectivity index is 3.43. The second-order valence-electron chi connectivity index (χ2n) is 3.00. The Labute approximate surface area is 94.0 Å². The van der Waals surface area contributed by atoms with Gasteiger partial charge in [0.1, 0.15) is 0 Å². The number of carbonyl (C=O) groups is 1. The normalized spacial score (nSPS) is 10.0. The number of carboxylic acids is 1. The van der Waals surface area contributed by atoms with E-state index in [0.717, 1.165) is 0 Å². The number of aryl methyl sites for hydroxylation is 1. The monoisotopic (exact) mass is 273 g/mol. The number of hydrogen-bond donors (Lipinski definition) is 1. The van der Waals surface area contributed by atoms with E-state index < -0.39 is 10.9 Å². The van der Waals surface area contributed by atoms with Crippen LogP contribution in [0.15, 0.2) is 12.1 Å². The second kappa shape index (κ2) is 4.39. The summed E-state index contributed by atoms with van der Waals surface area (Å²) >= 11 is 3.10. The first-order valence-electron chi connectivity index (χ1n) is 4.04. The Bertz CT molecular complexity index is 430. The topological polar surface area (TPSA) is 80.4 Å². The zero-order chi connectivity index (χ0) is 11.6. The number of halogens is 1. The molecule has 0 heterocycles. The van der Waals surface area contributed by atoms with E-state index in [9.17, 15) is 14.9 Å². The molecule has 0 aromatic heterocycles. The van der Waals surface area contributed by atoms with Crippen molar-refractivity contribution in [2.75, 3.05) is 0 Å². The molecule has 1 rings (SSSR count). The maximum absolute atomic E-state index is 10.7. The molecule has 15 heavy (non-hydrogen) atoms. The van der Waals surface area contributed by atoms with Gasteiger partial charge in [0.2, 0.25) is 0 Å². The van der Waals surface area contributed by atoms with E-state index in [0.29, 0.717) is 11.1 Å². The molecule has 0 unspecified atom stereocenters. The van der Waals surface area contributed by atoms with Crippen molar-refractivity contribution in [1.82, 2.24) is 0 Å². The molecule has 0 aliphatic carbocycles. The lowest BCUT2D eigenvalue weighted by Crippen LogP contribution is -2.02. The molecule has 0 amide bonds. The SMILES string of the molecule is Cc1cc(C(=O)O)cc(CBr)c1[N+](=O)[O-]. The molecule has 0 radical (unpaired) electrons. The minimum absolute atomic E-state index is 0.0307. The van der Waals surface area contributed by atoms with E-state index in [-0.39, 0.29) is 16.6 Å². The highest BCUT2D eigenvalue weighted by molar-refractivity contribution is 9.08. The first kappa shape index (κ1) is 11.6. The van der Waals surface area contributed by atoms with E-state index in [4.69, 9.17) is 5.11 Å². The quantitative estimate of drug-likeness (QED) is 0.521. The second-order valence-corrected chi connectivity index (χ2v) is 3.56. The largest absolute Gasteiger partial charge is 0.478 e. The van der Waals surface area contributed by atoms with Crippen LogP contribution in [0.5, 0.6) is 0 Å². The number of carboxylic acid groups (broad SMARTS) is 1. The zero-order valence-electron chi connectivity index (χ0n) is 7.86. The zero-order valence-corrected chi connectivity index (χ0v) is 9.44. The molecule has 0 aliphatic rings. The third-order valence-electron chi connectivity index (χ3n) is 1.95. The summed E-state index contributed by atoms with van der Waals surface area (Å²) in [6.45, 7) is 1.52. The number of rotatable bonds is 3. The molecular formula is C9H8BrNO4. The predicted octanol–water partition coefficient (Wildman–Crippen LogP) is 2.50. The number of hydrogen-bond acceptors (Lipinski definition) is 3. The van der Waals surface area contributed by atoms with Gasteiger partial charge < -0.3 is 5.11 Å². The van der Waals surface area contributed by atoms with Crippen LogP contribution >= 0.6 is 15.9 Å². The van der Waals surface area contributed by atoms with Gasteiger partial charge in [-0.25, -0.2) is 4.79 Å². The third-order valence-corrected chi connectivity index (χ3v) is 2.56. The van der Waals surface area contributed by atoms with Crippen molar-refractivity contribution in [2.45, 2.75) is 12.3 Å². The fourth-order valence-corrected chi connectivity index (χ4v) is 1.77. The van der Waals surface area contributed by atoms with Crippen LogP contribution in [0.2, 0.25) is 0 Å². The van der Waals surface area contributed by atoms with E-state index in [1.807, 2.05) is 0 Å². The van der Waals surface area contributed by atoms with Crippen LogP contribution in [-0.2, 0) is 5.33 Å². The third kappa shape index (κ3) is 2.33. The molecular weight excluding hydrogens is 266 g/mol. The molecule has 0 atom stereocenters.